The number of hydrogen-bond donors (Lipinski definition) is 1. The lowest BCUT2D eigenvalue weighted by molar-refractivity contribution is 0.107. The van der Waals surface area contributed by atoms with Gasteiger partial charge in [0, 0.05) is 37.2 Å². The molecule has 0 amide bonds. The van der Waals surface area contributed by atoms with Gasteiger partial charge in [-0.05, 0) is 26.3 Å². The summed E-state index contributed by atoms with van der Waals surface area (Å²) in [6, 6.07) is 2.12. The average molecular weight is 384 g/mol. The monoisotopic (exact) mass is 384 g/mol. The molecule has 0 aliphatic carbocycles. The van der Waals surface area contributed by atoms with Crippen molar-refractivity contribution in [2.75, 3.05) is 31.6 Å². The molecule has 28 heavy (non-hydrogen) atoms. The molecule has 8 nitrogen and oxygen atoms in total. The van der Waals surface area contributed by atoms with Gasteiger partial charge in [0.25, 0.3) is 5.56 Å². The van der Waals surface area contributed by atoms with Gasteiger partial charge in [0.05, 0.1) is 43.5 Å². The van der Waals surface area contributed by atoms with E-state index in [-0.39, 0.29) is 5.56 Å². The van der Waals surface area contributed by atoms with Crippen LogP contribution in [0.3, 0.4) is 0 Å². The molecule has 2 aromatic heterocycles. The lowest BCUT2D eigenvalue weighted by Crippen LogP contribution is -2.46. The van der Waals surface area contributed by atoms with Gasteiger partial charge in [-0.3, -0.25) is 14.7 Å². The number of nitrogens with zero attached hydrogens (tertiary/aromatic N) is 5. The number of aryl methyl sites for hydroxylation is 1. The number of rotatable bonds is 6. The summed E-state index contributed by atoms with van der Waals surface area (Å²) in [5.41, 5.74) is 2.82. The third-order valence-electron chi connectivity index (χ3n) is 5.55. The molecular formula is C20H28N6O2. The second kappa shape index (κ2) is 8.79. The first-order valence-corrected chi connectivity index (χ1v) is 10.1. The highest BCUT2D eigenvalue weighted by Crippen LogP contribution is 2.18. The molecule has 150 valence electrons. The highest BCUT2D eigenvalue weighted by molar-refractivity contribution is 5.31. The minimum absolute atomic E-state index is 0.0362. The van der Waals surface area contributed by atoms with Gasteiger partial charge in [0.1, 0.15) is 5.82 Å². The summed E-state index contributed by atoms with van der Waals surface area (Å²) in [5, 5.41) is 8.00. The van der Waals surface area contributed by atoms with Crippen molar-refractivity contribution in [2.45, 2.75) is 51.8 Å². The number of piperidine rings is 1. The molecule has 1 fully saturated rings. The fourth-order valence-corrected chi connectivity index (χ4v) is 3.93. The van der Waals surface area contributed by atoms with Gasteiger partial charge in [-0.1, -0.05) is 6.42 Å². The zero-order chi connectivity index (χ0) is 19.3. The number of fused-ring (bicyclic) bond motifs is 1. The van der Waals surface area contributed by atoms with Gasteiger partial charge in [0.2, 0.25) is 0 Å². The van der Waals surface area contributed by atoms with E-state index < -0.39 is 0 Å². The zero-order valence-electron chi connectivity index (χ0n) is 16.4. The quantitative estimate of drug-likeness (QED) is 0.805. The predicted molar refractivity (Wildman–Crippen MR) is 106 cm³/mol. The Hall–Kier alpha value is -2.32. The van der Waals surface area contributed by atoms with Crippen molar-refractivity contribution in [2.24, 2.45) is 0 Å². The van der Waals surface area contributed by atoms with Crippen LogP contribution in [0.4, 0.5) is 5.82 Å². The standard InChI is InChI=1S/C20H28N6O2/c1-15-11-22-19(13-21-15)23-12-17-4-2-3-6-25(17)7-8-26-20(27)10-16-14-28-9-5-18(16)24-26/h10-11,13,17H,2-9,12,14H2,1H3,(H,22,23). The van der Waals surface area contributed by atoms with Crippen molar-refractivity contribution >= 4 is 5.82 Å². The summed E-state index contributed by atoms with van der Waals surface area (Å²) in [7, 11) is 0. The molecule has 1 atom stereocenters. The molecule has 2 aliphatic heterocycles. The van der Waals surface area contributed by atoms with Crippen LogP contribution in [0.15, 0.2) is 23.3 Å². The number of likely N-dealkylation sites (tertiary alicyclic amines) is 1. The molecule has 0 saturated carbocycles. The third kappa shape index (κ3) is 4.56. The molecule has 1 unspecified atom stereocenters. The van der Waals surface area contributed by atoms with Crippen molar-refractivity contribution < 1.29 is 4.74 Å². The van der Waals surface area contributed by atoms with Crippen LogP contribution in [0.5, 0.6) is 0 Å². The molecule has 4 rings (SSSR count). The van der Waals surface area contributed by atoms with Crippen molar-refractivity contribution in [3.63, 3.8) is 0 Å². The van der Waals surface area contributed by atoms with Crippen LogP contribution in [0.2, 0.25) is 0 Å². The van der Waals surface area contributed by atoms with Gasteiger partial charge in [-0.25, -0.2) is 9.67 Å². The highest BCUT2D eigenvalue weighted by Gasteiger charge is 2.22. The van der Waals surface area contributed by atoms with E-state index in [1.54, 1.807) is 23.1 Å². The predicted octanol–water partition coefficient (Wildman–Crippen LogP) is 1.38. The van der Waals surface area contributed by atoms with Crippen molar-refractivity contribution in [3.05, 3.63) is 45.8 Å². The fraction of sp³-hybridized carbons (Fsp3) is 0.600. The maximum atomic E-state index is 12.4. The molecule has 0 bridgehead atoms. The van der Waals surface area contributed by atoms with Crippen LogP contribution in [-0.4, -0.2) is 56.9 Å². The van der Waals surface area contributed by atoms with Crippen LogP contribution in [0, 0.1) is 6.92 Å². The first-order valence-electron chi connectivity index (χ1n) is 10.1. The smallest absolute Gasteiger partial charge is 0.267 e. The molecule has 2 aromatic rings. The van der Waals surface area contributed by atoms with Crippen molar-refractivity contribution in [1.29, 1.82) is 0 Å². The van der Waals surface area contributed by atoms with Gasteiger partial charge in [0.15, 0.2) is 0 Å². The number of anilines is 1. The molecule has 1 saturated heterocycles. The molecule has 8 heteroatoms. The van der Waals surface area contributed by atoms with Crippen molar-refractivity contribution in [1.82, 2.24) is 24.6 Å². The SMILES string of the molecule is Cc1cnc(NCC2CCCCN2CCn2nc3c(cc2=O)COCC3)cn1. The Bertz CT molecular complexity index is 851. The highest BCUT2D eigenvalue weighted by atomic mass is 16.5. The fourth-order valence-electron chi connectivity index (χ4n) is 3.93. The third-order valence-corrected chi connectivity index (χ3v) is 5.55. The summed E-state index contributed by atoms with van der Waals surface area (Å²) in [5.74, 6) is 0.811. The minimum atomic E-state index is -0.0362. The zero-order valence-corrected chi connectivity index (χ0v) is 16.4. The van der Waals surface area contributed by atoms with Crippen LogP contribution < -0.4 is 10.9 Å². The van der Waals surface area contributed by atoms with Crippen LogP contribution >= 0.6 is 0 Å². The van der Waals surface area contributed by atoms with E-state index in [0.29, 0.717) is 25.8 Å². The van der Waals surface area contributed by atoms with E-state index in [4.69, 9.17) is 4.74 Å². The van der Waals surface area contributed by atoms with Crippen LogP contribution in [0.1, 0.15) is 36.2 Å². The lowest BCUT2D eigenvalue weighted by Gasteiger charge is -2.36. The number of ether oxygens (including phenoxy) is 1. The Balaban J connectivity index is 1.37. The molecule has 1 N–H and O–H groups in total. The lowest BCUT2D eigenvalue weighted by atomic mass is 10.0. The molecule has 0 spiro atoms. The van der Waals surface area contributed by atoms with Crippen molar-refractivity contribution in [3.8, 4) is 0 Å². The van der Waals surface area contributed by atoms with Gasteiger partial charge in [-0.15, -0.1) is 0 Å². The maximum absolute atomic E-state index is 12.4. The molecule has 0 radical (unpaired) electrons. The van der Waals surface area contributed by atoms with Crippen LogP contribution in [-0.2, 0) is 24.3 Å². The molecule has 2 aliphatic rings. The molecule has 0 aromatic carbocycles. The normalized spacial score (nSPS) is 20.0. The number of aromatic nitrogens is 4. The number of nitrogens with one attached hydrogen (secondary N) is 1. The van der Waals surface area contributed by atoms with E-state index in [9.17, 15) is 4.79 Å². The minimum Gasteiger partial charge on any atom is -0.376 e. The Kier molecular flexibility index (Phi) is 5.97. The molecule has 4 heterocycles. The summed E-state index contributed by atoms with van der Waals surface area (Å²) < 4.78 is 7.04. The van der Waals surface area contributed by atoms with E-state index >= 15 is 0 Å². The second-order valence-electron chi connectivity index (χ2n) is 7.59. The van der Waals surface area contributed by atoms with Gasteiger partial charge < -0.3 is 10.1 Å². The maximum Gasteiger partial charge on any atom is 0.267 e. The second-order valence-corrected chi connectivity index (χ2v) is 7.59. The summed E-state index contributed by atoms with van der Waals surface area (Å²) in [6.45, 7) is 6.45. The summed E-state index contributed by atoms with van der Waals surface area (Å²) in [4.78, 5) is 23.5. The first kappa shape index (κ1) is 19.0. The van der Waals surface area contributed by atoms with E-state index in [2.05, 4.69) is 25.3 Å². The largest absolute Gasteiger partial charge is 0.376 e. The topological polar surface area (TPSA) is 85.2 Å². The Morgan fingerprint density at radius 3 is 3.04 bits per heavy atom. The first-order chi connectivity index (χ1) is 13.7. The van der Waals surface area contributed by atoms with Gasteiger partial charge in [-0.2, -0.15) is 5.10 Å². The van der Waals surface area contributed by atoms with Crippen LogP contribution in [0.25, 0.3) is 0 Å². The Morgan fingerprint density at radius 1 is 1.25 bits per heavy atom. The Morgan fingerprint density at radius 2 is 2.18 bits per heavy atom. The van der Waals surface area contributed by atoms with E-state index in [1.807, 2.05) is 6.92 Å². The number of hydrogen-bond acceptors (Lipinski definition) is 7. The van der Waals surface area contributed by atoms with E-state index in [0.717, 1.165) is 55.2 Å². The molecular weight excluding hydrogens is 356 g/mol. The average Bonchev–Trinajstić information content (AvgIpc) is 2.72. The van der Waals surface area contributed by atoms with Gasteiger partial charge >= 0.3 is 0 Å². The Labute approximate surface area is 164 Å². The summed E-state index contributed by atoms with van der Waals surface area (Å²) in [6.07, 6.45) is 7.92. The summed E-state index contributed by atoms with van der Waals surface area (Å²) >= 11 is 0. The van der Waals surface area contributed by atoms with E-state index in [1.165, 1.54) is 12.8 Å².